The molecule has 0 aromatic heterocycles. The van der Waals surface area contributed by atoms with Crippen LogP contribution in [0.3, 0.4) is 0 Å². The molecule has 0 aliphatic carbocycles. The number of halogens is 1. The molecule has 16 heavy (non-hydrogen) atoms. The van der Waals surface area contributed by atoms with Gasteiger partial charge in [-0.05, 0) is 37.5 Å². The van der Waals surface area contributed by atoms with E-state index in [1.807, 2.05) is 19.9 Å². The number of aliphatic hydroxyl groups excluding tert-OH is 1. The first-order chi connectivity index (χ1) is 7.52. The van der Waals surface area contributed by atoms with Crippen molar-refractivity contribution in [2.75, 3.05) is 13.7 Å². The summed E-state index contributed by atoms with van der Waals surface area (Å²) in [5, 5.41) is 8.96. The van der Waals surface area contributed by atoms with E-state index in [1.165, 1.54) is 0 Å². The minimum atomic E-state index is -0.198. The molecular weight excluding hydrogens is 270 g/mol. The highest BCUT2D eigenvalue weighted by atomic mass is 79.9. The summed E-state index contributed by atoms with van der Waals surface area (Å²) in [6.07, 6.45) is 0.535. The zero-order chi connectivity index (χ0) is 12.3. The molecule has 1 atom stereocenters. The van der Waals surface area contributed by atoms with Gasteiger partial charge in [-0.1, -0.05) is 15.9 Å². The number of aliphatic hydroxyl groups is 1. The van der Waals surface area contributed by atoms with Crippen molar-refractivity contribution >= 4 is 15.9 Å². The summed E-state index contributed by atoms with van der Waals surface area (Å²) in [4.78, 5) is 0. The van der Waals surface area contributed by atoms with Gasteiger partial charge in [-0.15, -0.1) is 0 Å². The van der Waals surface area contributed by atoms with Gasteiger partial charge in [-0.2, -0.15) is 0 Å². The van der Waals surface area contributed by atoms with Crippen LogP contribution in [-0.2, 0) is 0 Å². The quantitative estimate of drug-likeness (QED) is 0.894. The van der Waals surface area contributed by atoms with Crippen LogP contribution in [0, 0.1) is 13.8 Å². The number of rotatable bonds is 4. The number of ether oxygens (including phenoxy) is 1. The standard InChI is InChI=1S/C12H18BrNO2/c1-7-6-9(13)8(2)11(12(7)16-3)10(14)4-5-15/h6,10,15H,4-5,14H2,1-3H3. The highest BCUT2D eigenvalue weighted by molar-refractivity contribution is 9.10. The highest BCUT2D eigenvalue weighted by Crippen LogP contribution is 2.36. The van der Waals surface area contributed by atoms with Crippen LogP contribution in [0.5, 0.6) is 5.75 Å². The Morgan fingerprint density at radius 1 is 1.50 bits per heavy atom. The van der Waals surface area contributed by atoms with Crippen molar-refractivity contribution in [1.82, 2.24) is 0 Å². The van der Waals surface area contributed by atoms with Crippen molar-refractivity contribution in [2.24, 2.45) is 5.73 Å². The lowest BCUT2D eigenvalue weighted by Gasteiger charge is -2.20. The van der Waals surface area contributed by atoms with Gasteiger partial charge in [0.1, 0.15) is 5.75 Å². The van der Waals surface area contributed by atoms with Gasteiger partial charge in [-0.25, -0.2) is 0 Å². The Kier molecular flexibility index (Phi) is 4.77. The molecule has 0 saturated heterocycles. The number of benzene rings is 1. The van der Waals surface area contributed by atoms with Crippen molar-refractivity contribution in [3.63, 3.8) is 0 Å². The van der Waals surface area contributed by atoms with E-state index in [4.69, 9.17) is 15.6 Å². The maximum absolute atomic E-state index is 8.96. The van der Waals surface area contributed by atoms with Gasteiger partial charge in [0.15, 0.2) is 0 Å². The first kappa shape index (κ1) is 13.5. The first-order valence-corrected chi connectivity index (χ1v) is 6.02. The van der Waals surface area contributed by atoms with Crippen molar-refractivity contribution < 1.29 is 9.84 Å². The van der Waals surface area contributed by atoms with Crippen LogP contribution in [0.15, 0.2) is 10.5 Å². The molecule has 0 spiro atoms. The molecule has 90 valence electrons. The van der Waals surface area contributed by atoms with Crippen LogP contribution in [0.1, 0.15) is 29.2 Å². The minimum absolute atomic E-state index is 0.0787. The molecule has 3 N–H and O–H groups in total. The second-order valence-electron chi connectivity index (χ2n) is 3.87. The molecule has 0 amide bonds. The second-order valence-corrected chi connectivity index (χ2v) is 4.72. The van der Waals surface area contributed by atoms with Crippen LogP contribution in [-0.4, -0.2) is 18.8 Å². The third kappa shape index (κ3) is 2.56. The van der Waals surface area contributed by atoms with E-state index in [9.17, 15) is 0 Å². The average molecular weight is 288 g/mol. The summed E-state index contributed by atoms with van der Waals surface area (Å²) in [6.45, 7) is 4.06. The zero-order valence-electron chi connectivity index (χ0n) is 9.88. The average Bonchev–Trinajstić information content (AvgIpc) is 2.23. The molecule has 1 unspecified atom stereocenters. The zero-order valence-corrected chi connectivity index (χ0v) is 11.5. The minimum Gasteiger partial charge on any atom is -0.496 e. The van der Waals surface area contributed by atoms with Gasteiger partial charge >= 0.3 is 0 Å². The summed E-state index contributed by atoms with van der Waals surface area (Å²) in [6, 6.07) is 1.82. The smallest absolute Gasteiger partial charge is 0.126 e. The molecule has 3 nitrogen and oxygen atoms in total. The van der Waals surface area contributed by atoms with E-state index in [-0.39, 0.29) is 12.6 Å². The van der Waals surface area contributed by atoms with Crippen molar-refractivity contribution in [1.29, 1.82) is 0 Å². The molecule has 0 fully saturated rings. The number of hydrogen-bond donors (Lipinski definition) is 2. The molecule has 0 saturated carbocycles. The predicted octanol–water partition coefficient (Wildman–Crippen LogP) is 2.46. The molecular formula is C12H18BrNO2. The summed E-state index contributed by atoms with van der Waals surface area (Å²) < 4.78 is 6.42. The lowest BCUT2D eigenvalue weighted by Crippen LogP contribution is -2.15. The molecule has 0 bridgehead atoms. The molecule has 0 radical (unpaired) electrons. The van der Waals surface area contributed by atoms with Gasteiger partial charge in [0.05, 0.1) is 7.11 Å². The summed E-state index contributed by atoms with van der Waals surface area (Å²) >= 11 is 3.51. The molecule has 1 aromatic rings. The Balaban J connectivity index is 3.32. The lowest BCUT2D eigenvalue weighted by molar-refractivity contribution is 0.275. The van der Waals surface area contributed by atoms with Crippen LogP contribution in [0.2, 0.25) is 0 Å². The highest BCUT2D eigenvalue weighted by Gasteiger charge is 2.18. The SMILES string of the molecule is COc1c(C)cc(Br)c(C)c1C(N)CCO. The summed E-state index contributed by atoms with van der Waals surface area (Å²) in [7, 11) is 1.64. The van der Waals surface area contributed by atoms with Gasteiger partial charge in [-0.3, -0.25) is 0 Å². The van der Waals surface area contributed by atoms with Gasteiger partial charge in [0.2, 0.25) is 0 Å². The van der Waals surface area contributed by atoms with Crippen LogP contribution >= 0.6 is 15.9 Å². The second kappa shape index (κ2) is 5.66. The Morgan fingerprint density at radius 3 is 2.62 bits per heavy atom. The molecule has 0 aliphatic heterocycles. The van der Waals surface area contributed by atoms with E-state index in [1.54, 1.807) is 7.11 Å². The van der Waals surface area contributed by atoms with Crippen LogP contribution < -0.4 is 10.5 Å². The van der Waals surface area contributed by atoms with E-state index < -0.39 is 0 Å². The fraction of sp³-hybridized carbons (Fsp3) is 0.500. The Hall–Kier alpha value is -0.580. The van der Waals surface area contributed by atoms with E-state index in [0.29, 0.717) is 6.42 Å². The van der Waals surface area contributed by atoms with Gasteiger partial charge in [0.25, 0.3) is 0 Å². The summed E-state index contributed by atoms with van der Waals surface area (Å²) in [5.41, 5.74) is 9.15. The first-order valence-electron chi connectivity index (χ1n) is 5.23. The largest absolute Gasteiger partial charge is 0.496 e. The van der Waals surface area contributed by atoms with Crippen molar-refractivity contribution in [2.45, 2.75) is 26.3 Å². The molecule has 0 heterocycles. The molecule has 4 heteroatoms. The number of nitrogens with two attached hydrogens (primary N) is 1. The summed E-state index contributed by atoms with van der Waals surface area (Å²) in [5.74, 6) is 0.821. The number of hydrogen-bond acceptors (Lipinski definition) is 3. The third-order valence-electron chi connectivity index (χ3n) is 2.72. The predicted molar refractivity (Wildman–Crippen MR) is 68.8 cm³/mol. The van der Waals surface area contributed by atoms with Crippen LogP contribution in [0.4, 0.5) is 0 Å². The van der Waals surface area contributed by atoms with Gasteiger partial charge in [0, 0.05) is 22.7 Å². The molecule has 0 aliphatic rings. The number of aryl methyl sites for hydroxylation is 1. The van der Waals surface area contributed by atoms with Crippen LogP contribution in [0.25, 0.3) is 0 Å². The van der Waals surface area contributed by atoms with E-state index in [2.05, 4.69) is 15.9 Å². The van der Waals surface area contributed by atoms with Crippen molar-refractivity contribution in [3.05, 3.63) is 27.2 Å². The topological polar surface area (TPSA) is 55.5 Å². The molecule has 1 rings (SSSR count). The normalized spacial score (nSPS) is 12.6. The molecule has 1 aromatic carbocycles. The fourth-order valence-electron chi connectivity index (χ4n) is 1.88. The van der Waals surface area contributed by atoms with E-state index in [0.717, 1.165) is 26.9 Å². The number of methoxy groups -OCH3 is 1. The Labute approximate surface area is 105 Å². The monoisotopic (exact) mass is 287 g/mol. The van der Waals surface area contributed by atoms with Gasteiger partial charge < -0.3 is 15.6 Å². The Bertz CT molecular complexity index is 380. The maximum atomic E-state index is 8.96. The fourth-order valence-corrected chi connectivity index (χ4v) is 2.43. The van der Waals surface area contributed by atoms with E-state index >= 15 is 0 Å². The Morgan fingerprint density at radius 2 is 2.12 bits per heavy atom. The third-order valence-corrected chi connectivity index (χ3v) is 3.55. The maximum Gasteiger partial charge on any atom is 0.126 e. The van der Waals surface area contributed by atoms with Crippen molar-refractivity contribution in [3.8, 4) is 5.75 Å². The lowest BCUT2D eigenvalue weighted by atomic mass is 9.96.